The second-order valence-corrected chi connectivity index (χ2v) is 8.46. The molecule has 5 unspecified atom stereocenters. The predicted molar refractivity (Wildman–Crippen MR) is 122 cm³/mol. The number of hydrogen-bond donors (Lipinski definition) is 5. The second kappa shape index (κ2) is 12.8. The highest BCUT2D eigenvalue weighted by Crippen LogP contribution is 2.08. The van der Waals surface area contributed by atoms with Crippen LogP contribution in [0.15, 0.2) is 30.3 Å². The Hall–Kier alpha value is -2.94. The average Bonchev–Trinajstić information content (AvgIpc) is 2.75. The van der Waals surface area contributed by atoms with E-state index in [4.69, 9.17) is 5.73 Å². The molecule has 9 heteroatoms. The van der Waals surface area contributed by atoms with Crippen molar-refractivity contribution in [2.24, 2.45) is 17.6 Å². The zero-order chi connectivity index (χ0) is 24.4. The van der Waals surface area contributed by atoms with Gasteiger partial charge in [0.05, 0.1) is 6.04 Å². The van der Waals surface area contributed by atoms with Crippen LogP contribution < -0.4 is 21.7 Å². The molecule has 0 heterocycles. The summed E-state index contributed by atoms with van der Waals surface area (Å²) in [6.07, 6.45) is 0.832. The Morgan fingerprint density at radius 3 is 2.00 bits per heavy atom. The summed E-state index contributed by atoms with van der Waals surface area (Å²) in [5.74, 6) is -3.13. The van der Waals surface area contributed by atoms with Gasteiger partial charge in [-0.05, 0) is 24.3 Å². The van der Waals surface area contributed by atoms with Crippen molar-refractivity contribution in [2.45, 2.75) is 71.6 Å². The number of rotatable bonds is 12. The van der Waals surface area contributed by atoms with Crippen LogP contribution in [0.3, 0.4) is 0 Å². The molecule has 1 aromatic rings. The number of aliphatic carboxylic acids is 1. The zero-order valence-corrected chi connectivity index (χ0v) is 19.4. The highest BCUT2D eigenvalue weighted by molar-refractivity contribution is 5.94. The van der Waals surface area contributed by atoms with Crippen LogP contribution >= 0.6 is 0 Å². The van der Waals surface area contributed by atoms with Crippen LogP contribution in [0.4, 0.5) is 0 Å². The van der Waals surface area contributed by atoms with Gasteiger partial charge in [-0.15, -0.1) is 0 Å². The smallest absolute Gasteiger partial charge is 0.326 e. The summed E-state index contributed by atoms with van der Waals surface area (Å²) in [7, 11) is 0. The molecule has 32 heavy (non-hydrogen) atoms. The maximum atomic E-state index is 12.8. The summed E-state index contributed by atoms with van der Waals surface area (Å²) in [5, 5.41) is 17.2. The molecule has 6 N–H and O–H groups in total. The third-order valence-corrected chi connectivity index (χ3v) is 5.46. The molecule has 0 aromatic heterocycles. The average molecular weight is 449 g/mol. The molecule has 0 bridgehead atoms. The van der Waals surface area contributed by atoms with Crippen molar-refractivity contribution in [2.75, 3.05) is 0 Å². The van der Waals surface area contributed by atoms with Crippen LogP contribution in [0.2, 0.25) is 0 Å². The topological polar surface area (TPSA) is 151 Å². The number of carboxylic acids is 1. The molecule has 0 radical (unpaired) electrons. The number of carboxylic acid groups (broad SMARTS) is 1. The first-order chi connectivity index (χ1) is 15.0. The molecule has 0 saturated carbocycles. The summed E-state index contributed by atoms with van der Waals surface area (Å²) >= 11 is 0. The number of nitrogens with two attached hydrogens (primary N) is 1. The first-order valence-electron chi connectivity index (χ1n) is 10.9. The molecule has 0 spiro atoms. The maximum absolute atomic E-state index is 12.8. The fraction of sp³-hybridized carbons (Fsp3) is 0.565. The van der Waals surface area contributed by atoms with Gasteiger partial charge < -0.3 is 26.8 Å². The highest BCUT2D eigenvalue weighted by Gasteiger charge is 2.31. The molecular weight excluding hydrogens is 412 g/mol. The maximum Gasteiger partial charge on any atom is 0.326 e. The van der Waals surface area contributed by atoms with Crippen molar-refractivity contribution in [1.82, 2.24) is 16.0 Å². The summed E-state index contributed by atoms with van der Waals surface area (Å²) < 4.78 is 0. The molecule has 0 aliphatic carbocycles. The molecule has 0 aliphatic heterocycles. The van der Waals surface area contributed by atoms with Crippen molar-refractivity contribution < 1.29 is 24.3 Å². The molecule has 5 atom stereocenters. The first kappa shape index (κ1) is 27.1. The summed E-state index contributed by atoms with van der Waals surface area (Å²) in [4.78, 5) is 49.3. The number of benzene rings is 1. The molecule has 1 aromatic carbocycles. The Bertz CT molecular complexity index is 784. The Morgan fingerprint density at radius 1 is 0.906 bits per heavy atom. The van der Waals surface area contributed by atoms with Gasteiger partial charge in [-0.1, -0.05) is 64.4 Å². The molecule has 0 aliphatic rings. The quantitative estimate of drug-likeness (QED) is 0.319. The van der Waals surface area contributed by atoms with Crippen molar-refractivity contribution in [3.63, 3.8) is 0 Å². The minimum atomic E-state index is -1.17. The monoisotopic (exact) mass is 448 g/mol. The van der Waals surface area contributed by atoms with Crippen molar-refractivity contribution in [3.8, 4) is 0 Å². The lowest BCUT2D eigenvalue weighted by molar-refractivity contribution is -0.142. The largest absolute Gasteiger partial charge is 0.480 e. The van der Waals surface area contributed by atoms with Gasteiger partial charge in [-0.3, -0.25) is 14.4 Å². The van der Waals surface area contributed by atoms with Crippen molar-refractivity contribution in [3.05, 3.63) is 35.9 Å². The molecule has 1 rings (SSSR count). The van der Waals surface area contributed by atoms with Gasteiger partial charge in [-0.25, -0.2) is 4.79 Å². The number of carbonyl (C=O) groups is 4. The summed E-state index contributed by atoms with van der Waals surface area (Å²) in [6, 6.07) is 5.18. The van der Waals surface area contributed by atoms with E-state index >= 15 is 0 Å². The molecule has 3 amide bonds. The van der Waals surface area contributed by atoms with Gasteiger partial charge in [0.25, 0.3) is 0 Å². The van der Waals surface area contributed by atoms with Gasteiger partial charge in [0.15, 0.2) is 0 Å². The summed E-state index contributed by atoms with van der Waals surface area (Å²) in [6.45, 7) is 8.74. The van der Waals surface area contributed by atoms with E-state index in [0.717, 1.165) is 12.0 Å². The highest BCUT2D eigenvalue weighted by atomic mass is 16.4. The van der Waals surface area contributed by atoms with Crippen LogP contribution in [-0.2, 0) is 25.6 Å². The zero-order valence-electron chi connectivity index (χ0n) is 19.4. The van der Waals surface area contributed by atoms with Crippen LogP contribution in [0.5, 0.6) is 0 Å². The van der Waals surface area contributed by atoms with Crippen LogP contribution in [0.1, 0.15) is 46.6 Å². The van der Waals surface area contributed by atoms with Crippen molar-refractivity contribution >= 4 is 23.7 Å². The Balaban J connectivity index is 2.79. The van der Waals surface area contributed by atoms with E-state index in [1.54, 1.807) is 38.1 Å². The van der Waals surface area contributed by atoms with Gasteiger partial charge in [0, 0.05) is 6.42 Å². The fourth-order valence-electron chi connectivity index (χ4n) is 3.01. The Labute approximate surface area is 189 Å². The lowest BCUT2D eigenvalue weighted by Gasteiger charge is -2.26. The van der Waals surface area contributed by atoms with E-state index in [0.29, 0.717) is 0 Å². The molecule has 0 fully saturated rings. The van der Waals surface area contributed by atoms with Gasteiger partial charge in [0.2, 0.25) is 17.7 Å². The van der Waals surface area contributed by atoms with E-state index in [2.05, 4.69) is 16.0 Å². The number of nitrogens with one attached hydrogen (secondary N) is 3. The Morgan fingerprint density at radius 2 is 1.50 bits per heavy atom. The third-order valence-electron chi connectivity index (χ3n) is 5.46. The van der Waals surface area contributed by atoms with Crippen molar-refractivity contribution in [1.29, 1.82) is 0 Å². The first-order valence-corrected chi connectivity index (χ1v) is 10.9. The van der Waals surface area contributed by atoms with E-state index in [9.17, 15) is 24.3 Å². The second-order valence-electron chi connectivity index (χ2n) is 8.46. The fourth-order valence-corrected chi connectivity index (χ4v) is 3.01. The van der Waals surface area contributed by atoms with E-state index in [1.165, 1.54) is 6.92 Å². The molecule has 178 valence electrons. The van der Waals surface area contributed by atoms with Gasteiger partial charge >= 0.3 is 5.97 Å². The molecular formula is C23H36N4O5. The van der Waals surface area contributed by atoms with E-state index in [-0.39, 0.29) is 18.3 Å². The predicted octanol–water partition coefficient (Wildman–Crippen LogP) is 0.817. The normalized spacial score (nSPS) is 15.7. The lowest BCUT2D eigenvalue weighted by Crippen LogP contribution is -2.58. The Kier molecular flexibility index (Phi) is 10.8. The minimum Gasteiger partial charge on any atom is -0.480 e. The minimum absolute atomic E-state index is 0.0444. The van der Waals surface area contributed by atoms with Crippen LogP contribution in [-0.4, -0.2) is 53.0 Å². The number of hydrogen-bond acceptors (Lipinski definition) is 5. The van der Waals surface area contributed by atoms with Crippen LogP contribution in [0.25, 0.3) is 0 Å². The SMILES string of the molecule is CCC(C)C(N)C(=O)NC(C)C(=O)NC(C(=O)NC(Cc1ccccc1)C(=O)O)C(C)C. The number of carbonyl (C=O) groups excluding carboxylic acids is 3. The standard InChI is InChI=1S/C23H36N4O5/c1-6-14(4)18(24)21(29)25-15(5)20(28)27-19(13(2)3)22(30)26-17(23(31)32)12-16-10-8-7-9-11-16/h7-11,13-15,17-19H,6,12,24H2,1-5H3,(H,25,29)(H,26,30)(H,27,28)(H,31,32). The molecule has 9 nitrogen and oxygen atoms in total. The molecule has 0 saturated heterocycles. The summed E-state index contributed by atoms with van der Waals surface area (Å²) in [5.41, 5.74) is 6.66. The lowest BCUT2D eigenvalue weighted by atomic mass is 9.99. The van der Waals surface area contributed by atoms with Crippen LogP contribution in [0, 0.1) is 11.8 Å². The van der Waals surface area contributed by atoms with E-state index in [1.807, 2.05) is 19.9 Å². The van der Waals surface area contributed by atoms with E-state index < -0.39 is 47.9 Å². The van der Waals surface area contributed by atoms with Gasteiger partial charge in [0.1, 0.15) is 18.1 Å². The number of amides is 3. The third kappa shape index (κ3) is 8.30. The van der Waals surface area contributed by atoms with Gasteiger partial charge in [-0.2, -0.15) is 0 Å².